The zero-order valence-corrected chi connectivity index (χ0v) is 19.6. The molecule has 0 aromatic heterocycles. The lowest BCUT2D eigenvalue weighted by Gasteiger charge is -2.26. The summed E-state index contributed by atoms with van der Waals surface area (Å²) in [5.41, 5.74) is 5.25. The van der Waals surface area contributed by atoms with Crippen LogP contribution in [-0.2, 0) is 20.4 Å². The van der Waals surface area contributed by atoms with Gasteiger partial charge in [-0.2, -0.15) is 0 Å². The van der Waals surface area contributed by atoms with Crippen molar-refractivity contribution in [2.75, 3.05) is 6.61 Å². The average molecular weight is 465 g/mol. The first-order valence-electron chi connectivity index (χ1n) is 11.0. The smallest absolute Gasteiger partial charge is 0.407 e. The Kier molecular flexibility index (Phi) is 6.99. The van der Waals surface area contributed by atoms with Gasteiger partial charge >= 0.3 is 13.7 Å². The van der Waals surface area contributed by atoms with Crippen LogP contribution in [0.15, 0.2) is 78.9 Å². The molecule has 0 saturated heterocycles. The zero-order valence-electron chi connectivity index (χ0n) is 18.7. The molecule has 0 radical (unpaired) electrons. The van der Waals surface area contributed by atoms with E-state index in [1.54, 1.807) is 13.8 Å². The molecular weight excluding hydrogens is 437 g/mol. The Balaban J connectivity index is 1.41. The first kappa shape index (κ1) is 23.2. The van der Waals surface area contributed by atoms with Crippen LogP contribution in [0, 0.1) is 5.92 Å². The van der Waals surface area contributed by atoms with Gasteiger partial charge in [-0.05, 0) is 33.7 Å². The van der Waals surface area contributed by atoms with Gasteiger partial charge in [-0.25, -0.2) is 4.79 Å². The molecule has 7 heteroatoms. The summed E-state index contributed by atoms with van der Waals surface area (Å²) >= 11 is 0. The van der Waals surface area contributed by atoms with Gasteiger partial charge in [-0.3, -0.25) is 4.57 Å². The molecule has 1 amide bonds. The molecule has 1 aliphatic rings. The second-order valence-corrected chi connectivity index (χ2v) is 10.4. The van der Waals surface area contributed by atoms with E-state index in [0.717, 1.165) is 27.8 Å². The normalized spacial score (nSPS) is 15.4. The molecule has 33 heavy (non-hydrogen) atoms. The molecule has 6 nitrogen and oxygen atoms in total. The molecule has 0 fully saturated rings. The summed E-state index contributed by atoms with van der Waals surface area (Å²) in [6.07, 6.45) is -0.742. The maximum absolute atomic E-state index is 12.9. The summed E-state index contributed by atoms with van der Waals surface area (Å²) in [4.78, 5) is 23.2. The van der Waals surface area contributed by atoms with Crippen molar-refractivity contribution in [1.82, 2.24) is 5.32 Å². The largest absolute Gasteiger partial charge is 0.449 e. The second kappa shape index (κ2) is 9.92. The van der Waals surface area contributed by atoms with Crippen LogP contribution in [0.3, 0.4) is 0 Å². The molecule has 3 aromatic rings. The summed E-state index contributed by atoms with van der Waals surface area (Å²) in [7, 11) is -4.15. The minimum absolute atomic E-state index is 0.0236. The number of hydrogen-bond acceptors (Lipinski definition) is 4. The number of nitrogens with one attached hydrogen (secondary N) is 1. The molecule has 4 rings (SSSR count). The van der Waals surface area contributed by atoms with E-state index in [-0.39, 0.29) is 25.0 Å². The Morgan fingerprint density at radius 3 is 2.06 bits per heavy atom. The lowest BCUT2D eigenvalue weighted by Crippen LogP contribution is -2.39. The van der Waals surface area contributed by atoms with Crippen LogP contribution in [0.4, 0.5) is 4.79 Å². The van der Waals surface area contributed by atoms with Crippen molar-refractivity contribution in [1.29, 1.82) is 0 Å². The molecule has 0 saturated carbocycles. The fourth-order valence-corrected chi connectivity index (χ4v) is 5.72. The number of fused-ring (bicyclic) bond motifs is 3. The highest BCUT2D eigenvalue weighted by atomic mass is 31.2. The molecular formula is C26H28NO5P. The fourth-order valence-electron chi connectivity index (χ4n) is 4.21. The first-order valence-corrected chi connectivity index (χ1v) is 12.6. The van der Waals surface area contributed by atoms with Gasteiger partial charge in [0.05, 0.1) is 6.61 Å². The third-order valence-corrected chi connectivity index (χ3v) is 7.78. The standard InChI is InChI=1S/C26H28NO5P/c1-18(2)25(33(29,30)32-16-19-10-4-3-5-11-19)27-26(28)31-17-24-22-14-8-6-12-20(22)21-13-7-9-15-23(21)24/h3-15,18,24-25H,16-17H2,1-2H3,(H,27,28)(H,29,30). The SMILES string of the molecule is CC(C)C(NC(=O)OCC1c2ccccc2-c2ccccc21)P(=O)(O)OCc1ccccc1. The summed E-state index contributed by atoms with van der Waals surface area (Å²) in [5, 5.41) is 2.57. The number of hydrogen-bond donors (Lipinski definition) is 2. The molecule has 2 atom stereocenters. The van der Waals surface area contributed by atoms with Crippen molar-refractivity contribution in [3.8, 4) is 11.1 Å². The molecule has 0 bridgehead atoms. The van der Waals surface area contributed by atoms with E-state index in [9.17, 15) is 14.3 Å². The van der Waals surface area contributed by atoms with Crippen molar-refractivity contribution in [3.63, 3.8) is 0 Å². The first-order chi connectivity index (χ1) is 15.9. The van der Waals surface area contributed by atoms with Crippen LogP contribution < -0.4 is 5.32 Å². The molecule has 2 N–H and O–H groups in total. The van der Waals surface area contributed by atoms with Gasteiger partial charge in [0.15, 0.2) is 0 Å². The van der Waals surface area contributed by atoms with Crippen LogP contribution in [0.5, 0.6) is 0 Å². The molecule has 1 aliphatic carbocycles. The Bertz CT molecular complexity index is 1120. The monoisotopic (exact) mass is 465 g/mol. The number of amides is 1. The van der Waals surface area contributed by atoms with Gasteiger partial charge in [0.1, 0.15) is 12.4 Å². The Morgan fingerprint density at radius 2 is 1.48 bits per heavy atom. The fraction of sp³-hybridized carbons (Fsp3) is 0.269. The van der Waals surface area contributed by atoms with Gasteiger partial charge in [0, 0.05) is 5.92 Å². The quantitative estimate of drug-likeness (QED) is 0.404. The molecule has 0 spiro atoms. The maximum atomic E-state index is 12.9. The lowest BCUT2D eigenvalue weighted by atomic mass is 9.98. The number of rotatable bonds is 8. The molecule has 172 valence electrons. The van der Waals surface area contributed by atoms with E-state index < -0.39 is 19.5 Å². The van der Waals surface area contributed by atoms with Crippen LogP contribution in [0.1, 0.15) is 36.5 Å². The minimum atomic E-state index is -4.15. The Labute approximate surface area is 194 Å². The van der Waals surface area contributed by atoms with Crippen molar-refractivity contribution in [2.45, 2.75) is 32.2 Å². The second-order valence-electron chi connectivity index (χ2n) is 8.48. The highest BCUT2D eigenvalue weighted by molar-refractivity contribution is 7.53. The highest BCUT2D eigenvalue weighted by Crippen LogP contribution is 2.50. The van der Waals surface area contributed by atoms with E-state index >= 15 is 0 Å². The van der Waals surface area contributed by atoms with Crippen LogP contribution in [0.25, 0.3) is 11.1 Å². The number of alkyl carbamates (subject to hydrolysis) is 1. The van der Waals surface area contributed by atoms with Gasteiger partial charge in [0.2, 0.25) is 0 Å². The van der Waals surface area contributed by atoms with Crippen molar-refractivity contribution in [2.24, 2.45) is 5.92 Å². The number of benzene rings is 3. The van der Waals surface area contributed by atoms with Crippen molar-refractivity contribution >= 4 is 13.7 Å². The van der Waals surface area contributed by atoms with Crippen LogP contribution in [0.2, 0.25) is 0 Å². The third kappa shape index (κ3) is 5.19. The van der Waals surface area contributed by atoms with E-state index in [2.05, 4.69) is 17.4 Å². The number of ether oxygens (including phenoxy) is 1. The summed E-state index contributed by atoms with van der Waals surface area (Å²) in [6.45, 7) is 3.61. The Hall–Kier alpha value is -2.92. The minimum Gasteiger partial charge on any atom is -0.449 e. The summed E-state index contributed by atoms with van der Waals surface area (Å²) < 4.78 is 23.8. The van der Waals surface area contributed by atoms with Crippen molar-refractivity contribution < 1.29 is 23.5 Å². The van der Waals surface area contributed by atoms with Crippen molar-refractivity contribution in [3.05, 3.63) is 95.6 Å². The van der Waals surface area contributed by atoms with Crippen LogP contribution >= 0.6 is 7.60 Å². The topological polar surface area (TPSA) is 84.9 Å². The summed E-state index contributed by atoms with van der Waals surface area (Å²) in [5.74, 6) is -1.51. The zero-order chi connectivity index (χ0) is 23.4. The molecule has 3 aromatic carbocycles. The highest BCUT2D eigenvalue weighted by Gasteiger charge is 2.37. The Morgan fingerprint density at radius 1 is 0.939 bits per heavy atom. The van der Waals surface area contributed by atoms with E-state index in [4.69, 9.17) is 9.26 Å². The number of carbonyl (C=O) groups excluding carboxylic acids is 1. The number of carbonyl (C=O) groups is 1. The molecule has 2 unspecified atom stereocenters. The third-order valence-electron chi connectivity index (χ3n) is 5.85. The van der Waals surface area contributed by atoms with E-state index in [1.165, 1.54) is 0 Å². The van der Waals surface area contributed by atoms with Gasteiger partial charge < -0.3 is 19.5 Å². The molecule has 0 heterocycles. The van der Waals surface area contributed by atoms with E-state index in [1.807, 2.05) is 66.7 Å². The molecule has 0 aliphatic heterocycles. The van der Waals surface area contributed by atoms with Gasteiger partial charge in [-0.15, -0.1) is 0 Å². The van der Waals surface area contributed by atoms with Gasteiger partial charge in [-0.1, -0.05) is 92.7 Å². The lowest BCUT2D eigenvalue weighted by molar-refractivity contribution is 0.136. The van der Waals surface area contributed by atoms with Gasteiger partial charge in [0.25, 0.3) is 0 Å². The maximum Gasteiger partial charge on any atom is 0.407 e. The van der Waals surface area contributed by atoms with E-state index in [0.29, 0.717) is 0 Å². The van der Waals surface area contributed by atoms with Crippen LogP contribution in [-0.4, -0.2) is 23.4 Å². The average Bonchev–Trinajstić information content (AvgIpc) is 3.14. The predicted octanol–water partition coefficient (Wildman–Crippen LogP) is 5.91. The predicted molar refractivity (Wildman–Crippen MR) is 128 cm³/mol. The summed E-state index contributed by atoms with van der Waals surface area (Å²) in [6, 6.07) is 25.3.